The molecule has 0 spiro atoms. The van der Waals surface area contributed by atoms with Crippen LogP contribution in [-0.4, -0.2) is 10.9 Å². The van der Waals surface area contributed by atoms with Crippen LogP contribution in [0, 0.1) is 0 Å². The summed E-state index contributed by atoms with van der Waals surface area (Å²) in [5.41, 5.74) is 1.89. The molecule has 1 N–H and O–H groups in total. The molecular weight excluding hydrogens is 449 g/mol. The molecule has 1 amide bonds. The van der Waals surface area contributed by atoms with E-state index >= 15 is 0 Å². The van der Waals surface area contributed by atoms with Crippen molar-refractivity contribution in [2.24, 2.45) is 0 Å². The highest BCUT2D eigenvalue weighted by Gasteiger charge is 2.30. The third-order valence-electron chi connectivity index (χ3n) is 4.79. The van der Waals surface area contributed by atoms with Crippen LogP contribution in [0.2, 0.25) is 0 Å². The lowest BCUT2D eigenvalue weighted by atomic mass is 10.1. The molecule has 8 heteroatoms. The first-order valence-corrected chi connectivity index (χ1v) is 10.9. The average molecular weight is 469 g/mol. The molecule has 1 heterocycles. The van der Waals surface area contributed by atoms with Crippen molar-refractivity contribution in [1.82, 2.24) is 10.3 Å². The van der Waals surface area contributed by atoms with E-state index in [1.165, 1.54) is 17.4 Å². The largest absolute Gasteiger partial charge is 0.489 e. The van der Waals surface area contributed by atoms with Gasteiger partial charge in [0.1, 0.15) is 23.1 Å². The van der Waals surface area contributed by atoms with E-state index in [2.05, 4.69) is 10.3 Å². The first kappa shape index (κ1) is 22.5. The second-order valence-corrected chi connectivity index (χ2v) is 8.08. The van der Waals surface area contributed by atoms with E-state index in [1.54, 1.807) is 35.7 Å². The number of rotatable bonds is 7. The fraction of sp³-hybridized carbons (Fsp3) is 0.120. The lowest BCUT2D eigenvalue weighted by molar-refractivity contribution is -0.137. The first-order chi connectivity index (χ1) is 15.9. The Balaban J connectivity index is 1.35. The normalized spacial score (nSPS) is 11.2. The summed E-state index contributed by atoms with van der Waals surface area (Å²) in [6.07, 6.45) is -4.39. The number of amides is 1. The van der Waals surface area contributed by atoms with Crippen LogP contribution < -0.4 is 10.1 Å². The molecule has 0 saturated heterocycles. The summed E-state index contributed by atoms with van der Waals surface area (Å²) in [7, 11) is 0. The molecular formula is C25H19F3N2O2S. The molecule has 1 aromatic heterocycles. The van der Waals surface area contributed by atoms with Gasteiger partial charge in [-0.25, -0.2) is 4.98 Å². The number of benzene rings is 3. The number of carbonyl (C=O) groups excluding carboxylic acids is 1. The van der Waals surface area contributed by atoms with Gasteiger partial charge in [0, 0.05) is 17.5 Å². The number of halogens is 3. The van der Waals surface area contributed by atoms with Crippen LogP contribution in [0.5, 0.6) is 5.75 Å². The summed E-state index contributed by atoms with van der Waals surface area (Å²) in [6, 6.07) is 21.7. The van der Waals surface area contributed by atoms with Gasteiger partial charge in [-0.2, -0.15) is 13.2 Å². The molecule has 4 aromatic rings. The van der Waals surface area contributed by atoms with Crippen molar-refractivity contribution in [3.8, 4) is 16.3 Å². The minimum atomic E-state index is -4.39. The Kier molecular flexibility index (Phi) is 6.74. The van der Waals surface area contributed by atoms with Crippen LogP contribution in [0.25, 0.3) is 10.6 Å². The Hall–Kier alpha value is -3.65. The highest BCUT2D eigenvalue weighted by Crippen LogP contribution is 2.30. The van der Waals surface area contributed by atoms with Gasteiger partial charge in [0.15, 0.2) is 0 Å². The molecule has 0 atom stereocenters. The van der Waals surface area contributed by atoms with Gasteiger partial charge in [-0.3, -0.25) is 4.79 Å². The fourth-order valence-corrected chi connectivity index (χ4v) is 3.88. The Morgan fingerprint density at radius 1 is 0.939 bits per heavy atom. The zero-order valence-electron chi connectivity index (χ0n) is 17.3. The maximum atomic E-state index is 12.8. The number of ether oxygens (including phenoxy) is 1. The van der Waals surface area contributed by atoms with Crippen LogP contribution in [0.1, 0.15) is 27.2 Å². The molecule has 0 unspecified atom stereocenters. The van der Waals surface area contributed by atoms with Crippen molar-refractivity contribution in [1.29, 1.82) is 0 Å². The number of hydrogen-bond donors (Lipinski definition) is 1. The van der Waals surface area contributed by atoms with Crippen LogP contribution in [0.15, 0.2) is 84.2 Å². The standard InChI is InChI=1S/C25H19F3N2O2S/c26-25(27,28)20-8-4-7-18(13-20)15-32-21-11-9-19(10-12-21)24-30-22(16-33-24)23(31)29-14-17-5-2-1-3-6-17/h1-13,16H,14-15H2,(H,29,31). The van der Waals surface area contributed by atoms with Crippen LogP contribution >= 0.6 is 11.3 Å². The molecule has 4 nitrogen and oxygen atoms in total. The summed E-state index contributed by atoms with van der Waals surface area (Å²) >= 11 is 1.35. The Morgan fingerprint density at radius 2 is 1.67 bits per heavy atom. The van der Waals surface area contributed by atoms with Gasteiger partial charge in [-0.1, -0.05) is 42.5 Å². The second kappa shape index (κ2) is 9.87. The molecule has 33 heavy (non-hydrogen) atoms. The van der Waals surface area contributed by atoms with Crippen LogP contribution in [0.3, 0.4) is 0 Å². The number of nitrogens with zero attached hydrogens (tertiary/aromatic N) is 1. The minimum absolute atomic E-state index is 0.0201. The fourth-order valence-electron chi connectivity index (χ4n) is 3.08. The molecule has 0 fully saturated rings. The van der Waals surface area contributed by atoms with Gasteiger partial charge in [0.25, 0.3) is 5.91 Å². The number of hydrogen-bond acceptors (Lipinski definition) is 4. The molecule has 168 valence electrons. The van der Waals surface area contributed by atoms with E-state index in [0.717, 1.165) is 23.3 Å². The van der Waals surface area contributed by atoms with E-state index in [4.69, 9.17) is 4.74 Å². The van der Waals surface area contributed by atoms with E-state index in [0.29, 0.717) is 28.6 Å². The number of thiazole rings is 1. The number of carbonyl (C=O) groups is 1. The van der Waals surface area contributed by atoms with Crippen LogP contribution in [0.4, 0.5) is 13.2 Å². The highest BCUT2D eigenvalue weighted by molar-refractivity contribution is 7.13. The van der Waals surface area contributed by atoms with Crippen LogP contribution in [-0.2, 0) is 19.3 Å². The van der Waals surface area contributed by atoms with Crippen molar-refractivity contribution in [3.63, 3.8) is 0 Å². The third kappa shape index (κ3) is 5.98. The third-order valence-corrected chi connectivity index (χ3v) is 5.69. The molecule has 0 saturated carbocycles. The van der Waals surface area contributed by atoms with E-state index in [9.17, 15) is 18.0 Å². The number of aromatic nitrogens is 1. The molecule has 0 aliphatic carbocycles. The van der Waals surface area contributed by atoms with E-state index in [1.807, 2.05) is 30.3 Å². The predicted molar refractivity (Wildman–Crippen MR) is 121 cm³/mol. The highest BCUT2D eigenvalue weighted by atomic mass is 32.1. The lowest BCUT2D eigenvalue weighted by Gasteiger charge is -2.10. The molecule has 4 rings (SSSR count). The first-order valence-electron chi connectivity index (χ1n) is 10.1. The number of nitrogens with one attached hydrogen (secondary N) is 1. The molecule has 0 aliphatic heterocycles. The summed E-state index contributed by atoms with van der Waals surface area (Å²) in [4.78, 5) is 16.8. The van der Waals surface area contributed by atoms with Crippen molar-refractivity contribution in [2.45, 2.75) is 19.3 Å². The topological polar surface area (TPSA) is 51.2 Å². The Bertz CT molecular complexity index is 1220. The molecule has 0 aliphatic rings. The minimum Gasteiger partial charge on any atom is -0.489 e. The lowest BCUT2D eigenvalue weighted by Crippen LogP contribution is -2.23. The predicted octanol–water partition coefficient (Wildman–Crippen LogP) is 6.34. The maximum Gasteiger partial charge on any atom is 0.416 e. The summed E-state index contributed by atoms with van der Waals surface area (Å²) < 4.78 is 44.1. The van der Waals surface area contributed by atoms with Crippen molar-refractivity contribution >= 4 is 17.2 Å². The Morgan fingerprint density at radius 3 is 2.39 bits per heavy atom. The molecule has 0 radical (unpaired) electrons. The van der Waals surface area contributed by atoms with E-state index < -0.39 is 11.7 Å². The molecule has 0 bridgehead atoms. The monoisotopic (exact) mass is 468 g/mol. The quantitative estimate of drug-likeness (QED) is 0.344. The second-order valence-electron chi connectivity index (χ2n) is 7.22. The summed E-state index contributed by atoms with van der Waals surface area (Å²) in [6.45, 7) is 0.441. The smallest absolute Gasteiger partial charge is 0.416 e. The number of alkyl halides is 3. The van der Waals surface area contributed by atoms with E-state index in [-0.39, 0.29) is 12.5 Å². The zero-order chi connectivity index (χ0) is 23.3. The van der Waals surface area contributed by atoms with Crippen molar-refractivity contribution in [2.75, 3.05) is 0 Å². The van der Waals surface area contributed by atoms with Crippen molar-refractivity contribution < 1.29 is 22.7 Å². The van der Waals surface area contributed by atoms with Gasteiger partial charge in [-0.15, -0.1) is 11.3 Å². The summed E-state index contributed by atoms with van der Waals surface area (Å²) in [5, 5.41) is 5.24. The zero-order valence-corrected chi connectivity index (χ0v) is 18.1. The summed E-state index contributed by atoms with van der Waals surface area (Å²) in [5.74, 6) is 0.274. The average Bonchev–Trinajstić information content (AvgIpc) is 3.32. The Labute approximate surface area is 192 Å². The van der Waals surface area contributed by atoms with Gasteiger partial charge in [0.2, 0.25) is 0 Å². The SMILES string of the molecule is O=C(NCc1ccccc1)c1csc(-c2ccc(OCc3cccc(C(F)(F)F)c3)cc2)n1. The van der Waals surface area contributed by atoms with Gasteiger partial charge < -0.3 is 10.1 Å². The van der Waals surface area contributed by atoms with Gasteiger partial charge in [0.05, 0.1) is 5.56 Å². The molecule has 3 aromatic carbocycles. The maximum absolute atomic E-state index is 12.8. The van der Waals surface area contributed by atoms with Gasteiger partial charge >= 0.3 is 6.18 Å². The van der Waals surface area contributed by atoms with Gasteiger partial charge in [-0.05, 0) is 47.5 Å². The van der Waals surface area contributed by atoms with Crippen molar-refractivity contribution in [3.05, 3.63) is 107 Å².